The molecule has 0 radical (unpaired) electrons. The topological polar surface area (TPSA) is 0 Å². The molecular weight excluding hydrogens is 110 g/mol. The van der Waals surface area contributed by atoms with Gasteiger partial charge in [0.25, 0.3) is 0 Å². The molecule has 0 fully saturated rings. The summed E-state index contributed by atoms with van der Waals surface area (Å²) < 4.78 is 12.1. The maximum Gasteiger partial charge on any atom is 1.00 e. The van der Waals surface area contributed by atoms with Gasteiger partial charge in [-0.05, 0) is 0 Å². The summed E-state index contributed by atoms with van der Waals surface area (Å²) in [6.45, 7) is 1.83. The van der Waals surface area contributed by atoms with Crippen LogP contribution in [0.25, 0.3) is 0 Å². The van der Waals surface area contributed by atoms with Crippen LogP contribution in [0.3, 0.4) is 0 Å². The quantitative estimate of drug-likeness (QED) is 0.299. The smallest absolute Gasteiger partial charge is 0.284 e. The number of hydrogen-bond donors (Lipinski definition) is 0. The van der Waals surface area contributed by atoms with Gasteiger partial charge in [-0.1, -0.05) is 6.92 Å². The zero-order valence-corrected chi connectivity index (χ0v) is 5.61. The molecule has 0 nitrogen and oxygen atoms in total. The van der Waals surface area contributed by atoms with Crippen molar-refractivity contribution in [1.82, 2.24) is 0 Å². The van der Waals surface area contributed by atoms with E-state index in [9.17, 15) is 4.39 Å². The van der Waals surface area contributed by atoms with Gasteiger partial charge in [-0.15, -0.1) is 12.1 Å². The van der Waals surface area contributed by atoms with Crippen LogP contribution in [0.4, 0.5) is 4.39 Å². The van der Waals surface area contributed by atoms with E-state index in [-0.39, 0.29) is 24.7 Å². The third-order valence-electron chi connectivity index (χ3n) is 0.898. The molecular formula is C7H6FLi. The molecule has 0 N–H and O–H groups in total. The summed E-state index contributed by atoms with van der Waals surface area (Å²) in [5, 5.41) is 0. The fourth-order valence-electron chi connectivity index (χ4n) is 0.554. The summed E-state index contributed by atoms with van der Waals surface area (Å²) in [5.74, 6) is -0.218. The molecule has 0 spiro atoms. The van der Waals surface area contributed by atoms with Gasteiger partial charge in [0, 0.05) is 5.82 Å². The number of hydrogen-bond acceptors (Lipinski definition) is 0. The molecule has 1 aromatic rings. The van der Waals surface area contributed by atoms with E-state index in [1.54, 1.807) is 6.07 Å². The van der Waals surface area contributed by atoms with Crippen molar-refractivity contribution in [2.24, 2.45) is 0 Å². The zero-order valence-electron chi connectivity index (χ0n) is 5.61. The molecule has 0 aliphatic heterocycles. The molecule has 1 rings (SSSR count). The predicted molar refractivity (Wildman–Crippen MR) is 30.0 cm³/mol. The van der Waals surface area contributed by atoms with E-state index in [4.69, 9.17) is 0 Å². The zero-order chi connectivity index (χ0) is 5.98. The van der Waals surface area contributed by atoms with E-state index in [1.807, 2.05) is 6.92 Å². The molecule has 0 saturated heterocycles. The summed E-state index contributed by atoms with van der Waals surface area (Å²) >= 11 is 0. The van der Waals surface area contributed by atoms with Crippen LogP contribution in [0.15, 0.2) is 18.2 Å². The second kappa shape index (κ2) is 3.71. The van der Waals surface area contributed by atoms with Gasteiger partial charge in [0.15, 0.2) is 0 Å². The Morgan fingerprint density at radius 2 is 2.11 bits per heavy atom. The monoisotopic (exact) mass is 116 g/mol. The number of rotatable bonds is 0. The molecule has 1 aromatic carbocycles. The predicted octanol–water partition coefficient (Wildman–Crippen LogP) is -1.06. The Hall–Kier alpha value is -0.253. The average Bonchev–Trinajstić information content (AvgIpc) is 1.64. The Kier molecular flexibility index (Phi) is 3.61. The van der Waals surface area contributed by atoms with E-state index in [0.717, 1.165) is 5.56 Å². The van der Waals surface area contributed by atoms with Crippen LogP contribution in [-0.4, -0.2) is 0 Å². The van der Waals surface area contributed by atoms with Gasteiger partial charge in [0.2, 0.25) is 0 Å². The molecule has 0 aromatic heterocycles. The third-order valence-corrected chi connectivity index (χ3v) is 0.898. The van der Waals surface area contributed by atoms with Crippen molar-refractivity contribution >= 4 is 0 Å². The first-order chi connectivity index (χ1) is 3.79. The summed E-state index contributed by atoms with van der Waals surface area (Å²) in [4.78, 5) is 0. The molecule has 0 aliphatic rings. The van der Waals surface area contributed by atoms with Gasteiger partial charge in [-0.25, -0.2) is 0 Å². The van der Waals surface area contributed by atoms with Crippen LogP contribution < -0.4 is 18.9 Å². The van der Waals surface area contributed by atoms with Gasteiger partial charge >= 0.3 is 18.9 Å². The second-order valence-corrected chi connectivity index (χ2v) is 1.73. The standard InChI is InChI=1S/C7H6F.Li/c1-6-3-2-4-7(8)5-6;/h3-5H,1H3;/q-1;+1. The van der Waals surface area contributed by atoms with Crippen molar-refractivity contribution in [2.75, 3.05) is 0 Å². The van der Waals surface area contributed by atoms with Crippen LogP contribution in [0.2, 0.25) is 0 Å². The molecule has 0 saturated carbocycles. The fourth-order valence-corrected chi connectivity index (χ4v) is 0.554. The Morgan fingerprint density at radius 3 is 2.44 bits per heavy atom. The van der Waals surface area contributed by atoms with Crippen LogP contribution in [0.1, 0.15) is 5.56 Å². The maximum atomic E-state index is 12.1. The molecule has 2 heteroatoms. The summed E-state index contributed by atoms with van der Waals surface area (Å²) in [7, 11) is 0. The molecule has 0 aliphatic carbocycles. The van der Waals surface area contributed by atoms with Gasteiger partial charge in [0.05, 0.1) is 0 Å². The summed E-state index contributed by atoms with van der Waals surface area (Å²) in [5.41, 5.74) is 0.907. The first-order valence-corrected chi connectivity index (χ1v) is 2.42. The average molecular weight is 116 g/mol. The molecule has 0 amide bonds. The minimum Gasteiger partial charge on any atom is -0.284 e. The van der Waals surface area contributed by atoms with E-state index in [0.29, 0.717) is 0 Å². The minimum absolute atomic E-state index is 0. The van der Waals surface area contributed by atoms with Crippen LogP contribution in [0.5, 0.6) is 0 Å². The molecule has 9 heavy (non-hydrogen) atoms. The summed E-state index contributed by atoms with van der Waals surface area (Å²) in [6.07, 6.45) is 0. The van der Waals surface area contributed by atoms with Crippen molar-refractivity contribution in [2.45, 2.75) is 6.92 Å². The largest absolute Gasteiger partial charge is 1.00 e. The second-order valence-electron chi connectivity index (χ2n) is 1.73. The van der Waals surface area contributed by atoms with Crippen LogP contribution in [-0.2, 0) is 0 Å². The van der Waals surface area contributed by atoms with Gasteiger partial charge in [0.1, 0.15) is 0 Å². The van der Waals surface area contributed by atoms with E-state index in [1.165, 1.54) is 12.1 Å². The van der Waals surface area contributed by atoms with Crippen molar-refractivity contribution in [1.29, 1.82) is 0 Å². The first-order valence-electron chi connectivity index (χ1n) is 2.42. The Balaban J connectivity index is 0.000000640. The molecule has 0 atom stereocenters. The number of aryl methyl sites for hydroxylation is 1. The van der Waals surface area contributed by atoms with Crippen molar-refractivity contribution in [3.05, 3.63) is 35.6 Å². The van der Waals surface area contributed by atoms with Crippen LogP contribution in [0, 0.1) is 18.8 Å². The SMILES string of the molecule is Cc1c[c-]cc(F)c1.[Li+]. The summed E-state index contributed by atoms with van der Waals surface area (Å²) in [6, 6.07) is 7.17. The van der Waals surface area contributed by atoms with E-state index >= 15 is 0 Å². The van der Waals surface area contributed by atoms with Crippen molar-refractivity contribution in [3.63, 3.8) is 0 Å². The Bertz CT molecular complexity index is 169. The van der Waals surface area contributed by atoms with Gasteiger partial charge < -0.3 is 0 Å². The molecule has 0 bridgehead atoms. The molecule has 0 unspecified atom stereocenters. The van der Waals surface area contributed by atoms with Gasteiger partial charge in [-0.3, -0.25) is 4.39 Å². The first kappa shape index (κ1) is 8.75. The van der Waals surface area contributed by atoms with Crippen molar-refractivity contribution < 1.29 is 23.3 Å². The third kappa shape index (κ3) is 2.69. The number of benzene rings is 1. The van der Waals surface area contributed by atoms with E-state index < -0.39 is 0 Å². The number of halogens is 1. The van der Waals surface area contributed by atoms with Crippen molar-refractivity contribution in [3.8, 4) is 0 Å². The molecule has 42 valence electrons. The Labute approximate surface area is 66.3 Å². The maximum absolute atomic E-state index is 12.1. The van der Waals surface area contributed by atoms with Gasteiger partial charge in [-0.2, -0.15) is 17.7 Å². The fraction of sp³-hybridized carbons (Fsp3) is 0.143. The van der Waals surface area contributed by atoms with Crippen LogP contribution >= 0.6 is 0 Å². The minimum atomic E-state index is -0.218. The normalized spacial score (nSPS) is 8.22. The Morgan fingerprint density at radius 1 is 1.44 bits per heavy atom. The molecule has 0 heterocycles. The van der Waals surface area contributed by atoms with E-state index in [2.05, 4.69) is 6.07 Å².